The second-order valence-electron chi connectivity index (χ2n) is 7.80. The topological polar surface area (TPSA) is 74.7 Å². The van der Waals surface area contributed by atoms with E-state index in [1.54, 1.807) is 31.2 Å². The molecule has 0 spiro atoms. The summed E-state index contributed by atoms with van der Waals surface area (Å²) >= 11 is 1.06. The van der Waals surface area contributed by atoms with Crippen LogP contribution in [0.1, 0.15) is 27.0 Å². The summed E-state index contributed by atoms with van der Waals surface area (Å²) in [5.41, 5.74) is -1.94. The molecular weight excluding hydrogens is 525 g/mol. The van der Waals surface area contributed by atoms with E-state index in [9.17, 15) is 35.2 Å². The van der Waals surface area contributed by atoms with Crippen molar-refractivity contribution in [2.75, 3.05) is 4.31 Å². The molecule has 36 heavy (non-hydrogen) atoms. The molecule has 0 aliphatic heterocycles. The third-order valence-corrected chi connectivity index (χ3v) is 8.62. The molecule has 0 aliphatic rings. The number of thiophene rings is 1. The van der Waals surface area contributed by atoms with Crippen molar-refractivity contribution < 1.29 is 40.3 Å². The van der Waals surface area contributed by atoms with E-state index in [-0.39, 0.29) is 10.6 Å². The monoisotopic (exact) mass is 541 g/mol. The number of carboxylic acids is 1. The van der Waals surface area contributed by atoms with E-state index in [4.69, 9.17) is 5.11 Å². The van der Waals surface area contributed by atoms with Crippen molar-refractivity contribution in [2.24, 2.45) is 0 Å². The van der Waals surface area contributed by atoms with Gasteiger partial charge in [-0.05, 0) is 59.8 Å². The fourth-order valence-electron chi connectivity index (χ4n) is 3.68. The first-order chi connectivity index (χ1) is 16.8. The Morgan fingerprint density at radius 2 is 1.69 bits per heavy atom. The fraction of sp³-hybridized carbons (Fsp3) is 0.125. The van der Waals surface area contributed by atoms with Crippen molar-refractivity contribution in [3.8, 4) is 0 Å². The van der Waals surface area contributed by atoms with Gasteiger partial charge in [0.2, 0.25) is 0 Å². The van der Waals surface area contributed by atoms with Crippen molar-refractivity contribution in [3.05, 3.63) is 94.6 Å². The zero-order valence-electron chi connectivity index (χ0n) is 18.3. The minimum absolute atomic E-state index is 0.160. The number of aryl methyl sites for hydroxylation is 1. The molecule has 3 aromatic carbocycles. The van der Waals surface area contributed by atoms with Crippen LogP contribution in [0.4, 0.5) is 27.0 Å². The smallest absolute Gasteiger partial charge is 0.419 e. The normalized spacial score (nSPS) is 12.2. The van der Waals surface area contributed by atoms with Gasteiger partial charge in [0, 0.05) is 4.70 Å². The number of fused-ring (bicyclic) bond motifs is 1. The number of alkyl halides is 3. The first-order valence-corrected chi connectivity index (χ1v) is 12.5. The van der Waals surface area contributed by atoms with Gasteiger partial charge in [0.15, 0.2) is 0 Å². The largest absolute Gasteiger partial charge is 0.478 e. The molecule has 0 radical (unpaired) electrons. The Morgan fingerprint density at radius 1 is 1.00 bits per heavy atom. The fourth-order valence-corrected chi connectivity index (χ4v) is 6.62. The van der Waals surface area contributed by atoms with Crippen LogP contribution in [0.5, 0.6) is 0 Å². The van der Waals surface area contributed by atoms with Gasteiger partial charge < -0.3 is 5.11 Å². The second-order valence-corrected chi connectivity index (χ2v) is 10.7. The maximum absolute atomic E-state index is 14.4. The number of anilines is 1. The van der Waals surface area contributed by atoms with Crippen molar-refractivity contribution in [2.45, 2.75) is 24.5 Å². The molecule has 0 saturated heterocycles. The highest BCUT2D eigenvalue weighted by Crippen LogP contribution is 2.41. The van der Waals surface area contributed by atoms with Crippen LogP contribution < -0.4 is 4.31 Å². The zero-order valence-corrected chi connectivity index (χ0v) is 19.9. The van der Waals surface area contributed by atoms with Crippen molar-refractivity contribution in [3.63, 3.8) is 0 Å². The van der Waals surface area contributed by atoms with Crippen molar-refractivity contribution >= 4 is 42.4 Å². The number of hydrogen-bond donors (Lipinski definition) is 1. The SMILES string of the molecule is Cc1c(N(Cc2ccc(F)c(C(F)(F)F)c2)S(=O)(=O)c2ccc(C(=O)O)c(F)c2)sc2ccccc12. The number of carbonyl (C=O) groups is 1. The van der Waals surface area contributed by atoms with E-state index in [0.717, 1.165) is 33.8 Å². The van der Waals surface area contributed by atoms with Crippen LogP contribution in [-0.4, -0.2) is 19.5 Å². The lowest BCUT2D eigenvalue weighted by Crippen LogP contribution is -2.31. The molecule has 0 bridgehead atoms. The number of aromatic carboxylic acids is 1. The summed E-state index contributed by atoms with van der Waals surface area (Å²) in [5, 5.41) is 9.92. The summed E-state index contributed by atoms with van der Waals surface area (Å²) < 4.78 is 96.9. The Morgan fingerprint density at radius 3 is 2.31 bits per heavy atom. The maximum Gasteiger partial charge on any atom is 0.419 e. The van der Waals surface area contributed by atoms with Crippen molar-refractivity contribution in [1.82, 2.24) is 0 Å². The molecule has 0 atom stereocenters. The Hall–Kier alpha value is -3.51. The minimum atomic E-state index is -5.01. The molecule has 4 aromatic rings. The average molecular weight is 542 g/mol. The quantitative estimate of drug-likeness (QED) is 0.279. The Bertz CT molecular complexity index is 1600. The van der Waals surface area contributed by atoms with E-state index in [0.29, 0.717) is 33.8 Å². The highest BCUT2D eigenvalue weighted by atomic mass is 32.2. The van der Waals surface area contributed by atoms with Gasteiger partial charge in [0.05, 0.1) is 22.6 Å². The van der Waals surface area contributed by atoms with Crippen LogP contribution in [0.2, 0.25) is 0 Å². The van der Waals surface area contributed by atoms with Crippen LogP contribution in [-0.2, 0) is 22.7 Å². The molecule has 1 aromatic heterocycles. The molecule has 0 fully saturated rings. The Kier molecular flexibility index (Phi) is 6.52. The van der Waals surface area contributed by atoms with Crippen LogP contribution in [0.25, 0.3) is 10.1 Å². The molecule has 4 rings (SSSR count). The molecule has 0 amide bonds. The number of halogens is 5. The third-order valence-electron chi connectivity index (χ3n) is 5.47. The Balaban J connectivity index is 1.90. The van der Waals surface area contributed by atoms with Gasteiger partial charge in [0.25, 0.3) is 10.0 Å². The van der Waals surface area contributed by atoms with Gasteiger partial charge in [-0.1, -0.05) is 24.3 Å². The number of hydrogen-bond acceptors (Lipinski definition) is 4. The lowest BCUT2D eigenvalue weighted by Gasteiger charge is -2.25. The first-order valence-electron chi connectivity index (χ1n) is 10.2. The van der Waals surface area contributed by atoms with Gasteiger partial charge in [-0.25, -0.2) is 22.0 Å². The average Bonchev–Trinajstić information content (AvgIpc) is 3.13. The lowest BCUT2D eigenvalue weighted by molar-refractivity contribution is -0.140. The molecule has 0 unspecified atom stereocenters. The van der Waals surface area contributed by atoms with Gasteiger partial charge in [-0.2, -0.15) is 13.2 Å². The summed E-state index contributed by atoms with van der Waals surface area (Å²) in [6.45, 7) is 1.01. The number of benzene rings is 3. The summed E-state index contributed by atoms with van der Waals surface area (Å²) in [4.78, 5) is 10.5. The van der Waals surface area contributed by atoms with Gasteiger partial charge in [-0.3, -0.25) is 4.31 Å². The van der Waals surface area contributed by atoms with Gasteiger partial charge >= 0.3 is 12.1 Å². The highest BCUT2D eigenvalue weighted by molar-refractivity contribution is 7.93. The van der Waals surface area contributed by atoms with Crippen LogP contribution in [0, 0.1) is 18.6 Å². The Labute approximate surface area is 206 Å². The standard InChI is InChI=1S/C24H16F5NO4S2/c1-13-16-4-2-3-5-21(16)35-22(13)30(12-14-6-9-19(25)18(10-14)24(27,28)29)36(33,34)15-7-8-17(23(31)32)20(26)11-15/h2-11H,12H2,1H3,(H,31,32). The molecule has 5 nitrogen and oxygen atoms in total. The summed E-state index contributed by atoms with van der Waals surface area (Å²) in [7, 11) is -4.61. The first kappa shape index (κ1) is 25.6. The summed E-state index contributed by atoms with van der Waals surface area (Å²) in [6.07, 6.45) is -5.01. The van der Waals surface area contributed by atoms with E-state index >= 15 is 0 Å². The zero-order chi connectivity index (χ0) is 26.4. The van der Waals surface area contributed by atoms with E-state index in [1.807, 2.05) is 0 Å². The number of nitrogens with zero attached hydrogens (tertiary/aromatic N) is 1. The third kappa shape index (κ3) is 4.65. The molecule has 0 saturated carbocycles. The molecular formula is C24H16F5NO4S2. The predicted molar refractivity (Wildman–Crippen MR) is 125 cm³/mol. The molecule has 1 heterocycles. The second kappa shape index (κ2) is 9.17. The van der Waals surface area contributed by atoms with Gasteiger partial charge in [0.1, 0.15) is 16.6 Å². The minimum Gasteiger partial charge on any atom is -0.478 e. The molecule has 1 N–H and O–H groups in total. The molecule has 0 aliphatic carbocycles. The number of rotatable bonds is 6. The van der Waals surface area contributed by atoms with Crippen LogP contribution >= 0.6 is 11.3 Å². The van der Waals surface area contributed by atoms with Crippen LogP contribution in [0.3, 0.4) is 0 Å². The lowest BCUT2D eigenvalue weighted by atomic mass is 10.1. The van der Waals surface area contributed by atoms with Gasteiger partial charge in [-0.15, -0.1) is 11.3 Å². The van der Waals surface area contributed by atoms with E-state index < -0.39 is 56.4 Å². The number of sulfonamides is 1. The summed E-state index contributed by atoms with van der Waals surface area (Å²) in [6, 6.07) is 11.3. The van der Waals surface area contributed by atoms with E-state index in [1.165, 1.54) is 0 Å². The summed E-state index contributed by atoms with van der Waals surface area (Å²) in [5.74, 6) is -4.40. The van der Waals surface area contributed by atoms with Crippen LogP contribution in [0.15, 0.2) is 65.6 Å². The molecule has 188 valence electrons. The molecule has 12 heteroatoms. The van der Waals surface area contributed by atoms with Crippen molar-refractivity contribution in [1.29, 1.82) is 0 Å². The highest BCUT2D eigenvalue weighted by Gasteiger charge is 2.35. The number of carboxylic acid groups (broad SMARTS) is 1. The predicted octanol–water partition coefficient (Wildman–Crippen LogP) is 6.60. The maximum atomic E-state index is 14.4. The van der Waals surface area contributed by atoms with E-state index in [2.05, 4.69) is 0 Å².